The lowest BCUT2D eigenvalue weighted by Crippen LogP contribution is -1.96. The molecular weight excluding hydrogens is 296 g/mol. The highest BCUT2D eigenvalue weighted by Crippen LogP contribution is 2.47. The molecule has 0 spiro atoms. The summed E-state index contributed by atoms with van der Waals surface area (Å²) in [5.74, 6) is 2.20. The van der Waals surface area contributed by atoms with Gasteiger partial charge in [-0.25, -0.2) is 0 Å². The second kappa shape index (κ2) is 5.76. The maximum absolute atomic E-state index is 10.4. The summed E-state index contributed by atoms with van der Waals surface area (Å²) in [5, 5.41) is 13.7. The molecular formula is C18H18O5. The summed E-state index contributed by atoms with van der Waals surface area (Å²) in [5.41, 5.74) is 0. The van der Waals surface area contributed by atoms with Crippen LogP contribution in [0.25, 0.3) is 21.5 Å². The van der Waals surface area contributed by atoms with Crippen molar-refractivity contribution >= 4 is 21.5 Å². The Kier molecular flexibility index (Phi) is 3.78. The van der Waals surface area contributed by atoms with Gasteiger partial charge in [-0.1, -0.05) is 6.07 Å². The van der Waals surface area contributed by atoms with Crippen LogP contribution in [0, 0.1) is 0 Å². The molecule has 0 heterocycles. The van der Waals surface area contributed by atoms with Gasteiger partial charge in [0.1, 0.15) is 0 Å². The van der Waals surface area contributed by atoms with Crippen LogP contribution in [0.2, 0.25) is 0 Å². The Bertz CT molecular complexity index is 886. The highest BCUT2D eigenvalue weighted by molar-refractivity contribution is 6.14. The van der Waals surface area contributed by atoms with Gasteiger partial charge in [0, 0.05) is 10.8 Å². The highest BCUT2D eigenvalue weighted by atomic mass is 16.5. The molecule has 0 aliphatic heterocycles. The first kappa shape index (κ1) is 15.1. The molecule has 0 aromatic heterocycles. The summed E-state index contributed by atoms with van der Waals surface area (Å²) in [6.45, 7) is 0. The molecule has 3 aromatic rings. The van der Waals surface area contributed by atoms with Gasteiger partial charge in [0.2, 0.25) is 5.75 Å². The molecule has 0 saturated carbocycles. The average molecular weight is 314 g/mol. The Morgan fingerprint density at radius 2 is 1.35 bits per heavy atom. The molecule has 0 atom stereocenters. The normalized spacial score (nSPS) is 10.8. The van der Waals surface area contributed by atoms with E-state index in [2.05, 4.69) is 0 Å². The number of hydrogen-bond donors (Lipinski definition) is 1. The monoisotopic (exact) mass is 314 g/mol. The van der Waals surface area contributed by atoms with Crippen LogP contribution in [0.15, 0.2) is 30.3 Å². The predicted molar refractivity (Wildman–Crippen MR) is 89.3 cm³/mol. The third kappa shape index (κ3) is 2.16. The van der Waals surface area contributed by atoms with Crippen molar-refractivity contribution in [2.75, 3.05) is 28.4 Å². The van der Waals surface area contributed by atoms with E-state index in [9.17, 15) is 5.11 Å². The van der Waals surface area contributed by atoms with E-state index in [1.165, 1.54) is 7.11 Å². The molecule has 0 saturated heterocycles. The molecule has 0 fully saturated rings. The van der Waals surface area contributed by atoms with E-state index in [0.717, 1.165) is 16.2 Å². The van der Waals surface area contributed by atoms with Crippen LogP contribution in [0.1, 0.15) is 0 Å². The van der Waals surface area contributed by atoms with E-state index < -0.39 is 0 Å². The zero-order valence-corrected chi connectivity index (χ0v) is 13.5. The summed E-state index contributed by atoms with van der Waals surface area (Å²) in [7, 11) is 6.26. The number of rotatable bonds is 4. The van der Waals surface area contributed by atoms with Gasteiger partial charge in [-0.3, -0.25) is 0 Å². The van der Waals surface area contributed by atoms with Crippen LogP contribution in [-0.2, 0) is 0 Å². The Morgan fingerprint density at radius 1 is 0.696 bits per heavy atom. The number of aromatic hydroxyl groups is 1. The minimum Gasteiger partial charge on any atom is -0.504 e. The highest BCUT2D eigenvalue weighted by Gasteiger charge is 2.19. The molecule has 23 heavy (non-hydrogen) atoms. The second-order valence-electron chi connectivity index (χ2n) is 5.02. The second-order valence-corrected chi connectivity index (χ2v) is 5.02. The smallest absolute Gasteiger partial charge is 0.203 e. The summed E-state index contributed by atoms with van der Waals surface area (Å²) in [4.78, 5) is 0. The first-order valence-corrected chi connectivity index (χ1v) is 7.07. The van der Waals surface area contributed by atoms with Gasteiger partial charge >= 0.3 is 0 Å². The molecule has 0 aliphatic carbocycles. The molecule has 3 aromatic carbocycles. The SMILES string of the molecule is COc1cc2ccc3c(O)c(OC)ccc3c2c(OC)c1OC. The number of ether oxygens (including phenoxy) is 4. The topological polar surface area (TPSA) is 57.2 Å². The number of fused-ring (bicyclic) bond motifs is 3. The van der Waals surface area contributed by atoms with E-state index in [1.807, 2.05) is 24.3 Å². The molecule has 3 rings (SSSR count). The van der Waals surface area contributed by atoms with Gasteiger partial charge in [-0.05, 0) is 35.0 Å². The number of hydrogen-bond acceptors (Lipinski definition) is 5. The van der Waals surface area contributed by atoms with Gasteiger partial charge in [0.05, 0.1) is 28.4 Å². The van der Waals surface area contributed by atoms with Gasteiger partial charge in [-0.15, -0.1) is 0 Å². The standard InChI is InChI=1S/C18H18O5/c1-20-13-8-7-11-12(16(13)19)6-5-10-9-14(21-2)17(22-3)18(23-4)15(10)11/h5-9,19H,1-4H3. The number of phenols is 1. The Hall–Kier alpha value is -2.82. The molecule has 5 heteroatoms. The average Bonchev–Trinajstić information content (AvgIpc) is 2.59. The van der Waals surface area contributed by atoms with Gasteiger partial charge in [0.25, 0.3) is 0 Å². The molecule has 0 bridgehead atoms. The van der Waals surface area contributed by atoms with Gasteiger partial charge < -0.3 is 24.1 Å². The van der Waals surface area contributed by atoms with E-state index in [0.29, 0.717) is 28.4 Å². The fraction of sp³-hybridized carbons (Fsp3) is 0.222. The van der Waals surface area contributed by atoms with Crippen molar-refractivity contribution in [3.8, 4) is 28.7 Å². The van der Waals surface area contributed by atoms with Crippen molar-refractivity contribution in [1.82, 2.24) is 0 Å². The quantitative estimate of drug-likeness (QED) is 0.744. The van der Waals surface area contributed by atoms with Crippen LogP contribution in [0.5, 0.6) is 28.7 Å². The summed E-state index contributed by atoms with van der Waals surface area (Å²) >= 11 is 0. The maximum Gasteiger partial charge on any atom is 0.203 e. The lowest BCUT2D eigenvalue weighted by atomic mass is 9.99. The largest absolute Gasteiger partial charge is 0.504 e. The van der Waals surface area contributed by atoms with Crippen LogP contribution in [0.4, 0.5) is 0 Å². The van der Waals surface area contributed by atoms with Crippen molar-refractivity contribution < 1.29 is 24.1 Å². The maximum atomic E-state index is 10.4. The van der Waals surface area contributed by atoms with E-state index >= 15 is 0 Å². The van der Waals surface area contributed by atoms with Crippen molar-refractivity contribution in [2.24, 2.45) is 0 Å². The first-order valence-electron chi connectivity index (χ1n) is 7.07. The number of methoxy groups -OCH3 is 4. The number of benzene rings is 3. The van der Waals surface area contributed by atoms with E-state index in [1.54, 1.807) is 27.4 Å². The predicted octanol–water partition coefficient (Wildman–Crippen LogP) is 3.73. The van der Waals surface area contributed by atoms with Crippen LogP contribution in [0.3, 0.4) is 0 Å². The first-order chi connectivity index (χ1) is 11.2. The summed E-state index contributed by atoms with van der Waals surface area (Å²) in [6.07, 6.45) is 0. The Morgan fingerprint density at radius 3 is 1.96 bits per heavy atom. The minimum absolute atomic E-state index is 0.101. The summed E-state index contributed by atoms with van der Waals surface area (Å²) in [6, 6.07) is 9.26. The lowest BCUT2D eigenvalue weighted by molar-refractivity contribution is 0.327. The Balaban J connectivity index is 2.50. The zero-order valence-electron chi connectivity index (χ0n) is 13.5. The van der Waals surface area contributed by atoms with Crippen LogP contribution >= 0.6 is 0 Å². The van der Waals surface area contributed by atoms with Crippen molar-refractivity contribution in [1.29, 1.82) is 0 Å². The zero-order chi connectivity index (χ0) is 16.6. The fourth-order valence-electron chi connectivity index (χ4n) is 2.90. The lowest BCUT2D eigenvalue weighted by Gasteiger charge is -2.17. The Labute approximate surface area is 134 Å². The third-order valence-electron chi connectivity index (χ3n) is 3.96. The van der Waals surface area contributed by atoms with Gasteiger partial charge in [-0.2, -0.15) is 0 Å². The summed E-state index contributed by atoms with van der Waals surface area (Å²) < 4.78 is 21.6. The van der Waals surface area contributed by atoms with Crippen molar-refractivity contribution in [2.45, 2.75) is 0 Å². The fourth-order valence-corrected chi connectivity index (χ4v) is 2.90. The van der Waals surface area contributed by atoms with Gasteiger partial charge in [0.15, 0.2) is 23.0 Å². The molecule has 120 valence electrons. The van der Waals surface area contributed by atoms with Crippen LogP contribution < -0.4 is 18.9 Å². The van der Waals surface area contributed by atoms with Crippen molar-refractivity contribution in [3.63, 3.8) is 0 Å². The third-order valence-corrected chi connectivity index (χ3v) is 3.96. The number of phenolic OH excluding ortho intramolecular Hbond substituents is 1. The molecule has 0 radical (unpaired) electrons. The molecule has 0 aliphatic rings. The van der Waals surface area contributed by atoms with Crippen LogP contribution in [-0.4, -0.2) is 33.5 Å². The van der Waals surface area contributed by atoms with E-state index in [4.69, 9.17) is 18.9 Å². The minimum atomic E-state index is 0.101. The molecule has 0 unspecified atom stereocenters. The molecule has 0 amide bonds. The molecule has 5 nitrogen and oxygen atoms in total. The van der Waals surface area contributed by atoms with E-state index in [-0.39, 0.29) is 5.75 Å². The van der Waals surface area contributed by atoms with Crippen molar-refractivity contribution in [3.05, 3.63) is 30.3 Å². The molecule has 1 N–H and O–H groups in total.